The summed E-state index contributed by atoms with van der Waals surface area (Å²) in [5.74, 6) is -0.581. The summed E-state index contributed by atoms with van der Waals surface area (Å²) in [6.45, 7) is 1.26. The van der Waals surface area contributed by atoms with Crippen molar-refractivity contribution >= 4 is 21.7 Å². The minimum Gasteiger partial charge on any atom is -0.378 e. The highest BCUT2D eigenvalue weighted by molar-refractivity contribution is 7.90. The number of carbonyl (C=O) groups excluding carboxylic acids is 2. The predicted octanol–water partition coefficient (Wildman–Crippen LogP) is 1.76. The number of benzene rings is 1. The largest absolute Gasteiger partial charge is 0.378 e. The van der Waals surface area contributed by atoms with Gasteiger partial charge >= 0.3 is 0 Å². The fourth-order valence-corrected chi connectivity index (χ4v) is 5.16. The molecule has 1 saturated heterocycles. The Kier molecular flexibility index (Phi) is 4.61. The molecule has 1 N–H and O–H groups in total. The van der Waals surface area contributed by atoms with Crippen molar-refractivity contribution < 1.29 is 22.7 Å². The number of amides is 1. The summed E-state index contributed by atoms with van der Waals surface area (Å²) in [6.07, 6.45) is 4.30. The predicted molar refractivity (Wildman–Crippen MR) is 97.4 cm³/mol. The van der Waals surface area contributed by atoms with Crippen molar-refractivity contribution in [2.75, 3.05) is 13.2 Å². The Morgan fingerprint density at radius 1 is 1.30 bits per heavy atom. The molecular formula is C19H20N2O5S. The monoisotopic (exact) mass is 388 g/mol. The van der Waals surface area contributed by atoms with Gasteiger partial charge in [0, 0.05) is 31.3 Å². The second-order valence-corrected chi connectivity index (χ2v) is 8.58. The molecule has 2 aliphatic heterocycles. The molecule has 1 aromatic heterocycles. The minimum atomic E-state index is -3.85. The van der Waals surface area contributed by atoms with Crippen molar-refractivity contribution in [1.82, 2.24) is 9.29 Å². The topological polar surface area (TPSA) is 94.5 Å². The van der Waals surface area contributed by atoms with E-state index in [1.807, 2.05) is 0 Å². The summed E-state index contributed by atoms with van der Waals surface area (Å²) in [7, 11) is -3.85. The number of fused-ring (bicyclic) bond motifs is 2. The van der Waals surface area contributed by atoms with E-state index in [0.29, 0.717) is 17.7 Å². The van der Waals surface area contributed by atoms with Gasteiger partial charge in [0.15, 0.2) is 5.78 Å². The molecule has 0 radical (unpaired) electrons. The van der Waals surface area contributed by atoms with E-state index in [1.54, 1.807) is 0 Å². The van der Waals surface area contributed by atoms with Crippen LogP contribution in [-0.2, 0) is 21.2 Å². The smallest absolute Gasteiger partial charge is 0.268 e. The molecule has 0 saturated carbocycles. The highest BCUT2D eigenvalue weighted by Gasteiger charge is 2.30. The van der Waals surface area contributed by atoms with Crippen molar-refractivity contribution in [1.29, 1.82) is 0 Å². The Hall–Kier alpha value is -2.45. The van der Waals surface area contributed by atoms with E-state index in [-0.39, 0.29) is 34.8 Å². The molecule has 1 amide bonds. The van der Waals surface area contributed by atoms with Gasteiger partial charge in [0.1, 0.15) is 5.69 Å². The summed E-state index contributed by atoms with van der Waals surface area (Å²) in [6, 6.07) is 7.41. The lowest BCUT2D eigenvalue weighted by Gasteiger charge is -2.12. The average Bonchev–Trinajstić information content (AvgIpc) is 3.32. The first kappa shape index (κ1) is 17.9. The molecule has 1 atom stereocenters. The lowest BCUT2D eigenvalue weighted by Crippen LogP contribution is -2.27. The summed E-state index contributed by atoms with van der Waals surface area (Å²) >= 11 is 0. The molecular weight excluding hydrogens is 368 g/mol. The third-order valence-electron chi connectivity index (χ3n) is 4.99. The number of rotatable bonds is 4. The minimum absolute atomic E-state index is 0.0571. The van der Waals surface area contributed by atoms with E-state index in [2.05, 4.69) is 5.32 Å². The number of nitrogens with one attached hydrogen (secondary N) is 1. The van der Waals surface area contributed by atoms with Crippen LogP contribution in [-0.4, -0.2) is 43.3 Å². The van der Waals surface area contributed by atoms with Gasteiger partial charge in [-0.05, 0) is 55.2 Å². The molecule has 2 aliphatic rings. The molecule has 4 rings (SSSR count). The van der Waals surface area contributed by atoms with Crippen LogP contribution in [0.1, 0.15) is 45.7 Å². The van der Waals surface area contributed by atoms with Crippen LogP contribution in [0.15, 0.2) is 41.4 Å². The number of hydrogen-bond donors (Lipinski definition) is 1. The zero-order chi connectivity index (χ0) is 19.0. The normalized spacial score (nSPS) is 20.6. The average molecular weight is 388 g/mol. The second-order valence-electron chi connectivity index (χ2n) is 6.80. The first-order chi connectivity index (χ1) is 13.0. The van der Waals surface area contributed by atoms with Crippen LogP contribution >= 0.6 is 0 Å². The van der Waals surface area contributed by atoms with Gasteiger partial charge in [0.05, 0.1) is 11.0 Å². The van der Waals surface area contributed by atoms with E-state index in [1.165, 1.54) is 36.5 Å². The molecule has 0 aliphatic carbocycles. The fraction of sp³-hybridized carbons (Fsp3) is 0.368. The van der Waals surface area contributed by atoms with Gasteiger partial charge in [-0.1, -0.05) is 0 Å². The molecule has 1 fully saturated rings. The zero-order valence-electron chi connectivity index (χ0n) is 14.7. The van der Waals surface area contributed by atoms with E-state index in [4.69, 9.17) is 4.74 Å². The number of nitrogens with zero attached hydrogens (tertiary/aromatic N) is 1. The van der Waals surface area contributed by atoms with Gasteiger partial charge in [0.2, 0.25) is 0 Å². The van der Waals surface area contributed by atoms with E-state index in [0.717, 1.165) is 29.8 Å². The Morgan fingerprint density at radius 3 is 2.93 bits per heavy atom. The summed E-state index contributed by atoms with van der Waals surface area (Å²) < 4.78 is 32.2. The third-order valence-corrected chi connectivity index (χ3v) is 6.78. The lowest BCUT2D eigenvalue weighted by atomic mass is 10.0. The number of hydrogen-bond acceptors (Lipinski definition) is 5. The number of Topliss-reactive ketones (excluding diaryl/α,β-unsaturated/α-hetero) is 1. The Bertz CT molecular complexity index is 1000. The third kappa shape index (κ3) is 3.30. The van der Waals surface area contributed by atoms with Crippen LogP contribution in [0.2, 0.25) is 0 Å². The van der Waals surface area contributed by atoms with Gasteiger partial charge in [0.25, 0.3) is 15.9 Å². The molecule has 2 aromatic rings. The quantitative estimate of drug-likeness (QED) is 0.861. The number of aromatic nitrogens is 1. The second kappa shape index (κ2) is 6.94. The summed E-state index contributed by atoms with van der Waals surface area (Å²) in [5.41, 5.74) is 0.819. The molecule has 142 valence electrons. The maximum atomic E-state index is 12.8. The Labute approximate surface area is 157 Å². The van der Waals surface area contributed by atoms with Crippen molar-refractivity contribution in [2.45, 2.75) is 36.7 Å². The highest BCUT2D eigenvalue weighted by Crippen LogP contribution is 2.27. The number of carbonyl (C=O) groups is 2. The molecule has 3 heterocycles. The van der Waals surface area contributed by atoms with Gasteiger partial charge in [-0.25, -0.2) is 12.4 Å². The molecule has 1 aromatic carbocycles. The maximum Gasteiger partial charge on any atom is 0.268 e. The van der Waals surface area contributed by atoms with Crippen LogP contribution in [0.4, 0.5) is 0 Å². The van der Waals surface area contributed by atoms with Crippen LogP contribution in [0.25, 0.3) is 0 Å². The van der Waals surface area contributed by atoms with E-state index >= 15 is 0 Å². The molecule has 8 heteroatoms. The van der Waals surface area contributed by atoms with E-state index in [9.17, 15) is 18.0 Å². The molecule has 0 spiro atoms. The van der Waals surface area contributed by atoms with Gasteiger partial charge in [-0.2, -0.15) is 0 Å². The standard InChI is InChI=1S/C19H20N2O5S/c22-17-12-14-11-13(19(23)20-8-7-15-3-2-10-26-15)5-6-18(14)27(24,25)21-9-1-4-16(17)21/h1,4-6,9,11,15H,2-3,7-8,10,12H2,(H,20,23)/t15-/m1/s1. The van der Waals surface area contributed by atoms with Gasteiger partial charge in [-0.15, -0.1) is 0 Å². The summed E-state index contributed by atoms with van der Waals surface area (Å²) in [4.78, 5) is 24.9. The van der Waals surface area contributed by atoms with Gasteiger partial charge in [-0.3, -0.25) is 9.59 Å². The van der Waals surface area contributed by atoms with Crippen molar-refractivity contribution in [3.8, 4) is 0 Å². The van der Waals surface area contributed by atoms with Crippen LogP contribution in [0.3, 0.4) is 0 Å². The fourth-order valence-electron chi connectivity index (χ4n) is 3.59. The van der Waals surface area contributed by atoms with E-state index < -0.39 is 10.0 Å². The number of ether oxygens (including phenoxy) is 1. The molecule has 0 unspecified atom stereocenters. The zero-order valence-corrected chi connectivity index (χ0v) is 15.5. The molecule has 0 bridgehead atoms. The van der Waals surface area contributed by atoms with Crippen molar-refractivity contribution in [3.63, 3.8) is 0 Å². The van der Waals surface area contributed by atoms with Crippen LogP contribution in [0, 0.1) is 0 Å². The lowest BCUT2D eigenvalue weighted by molar-refractivity contribution is 0.0905. The molecule has 7 nitrogen and oxygen atoms in total. The van der Waals surface area contributed by atoms with Gasteiger partial charge < -0.3 is 10.1 Å². The molecule has 27 heavy (non-hydrogen) atoms. The van der Waals surface area contributed by atoms with Crippen molar-refractivity contribution in [2.24, 2.45) is 0 Å². The number of ketones is 1. The first-order valence-electron chi connectivity index (χ1n) is 8.95. The summed E-state index contributed by atoms with van der Waals surface area (Å²) in [5, 5.41) is 2.83. The Morgan fingerprint density at radius 2 is 2.15 bits per heavy atom. The van der Waals surface area contributed by atoms with Crippen LogP contribution in [0.5, 0.6) is 0 Å². The Balaban J connectivity index is 1.55. The van der Waals surface area contributed by atoms with Crippen molar-refractivity contribution in [3.05, 3.63) is 53.3 Å². The SMILES string of the molecule is O=C(NCC[C@H]1CCCO1)c1ccc2c(c1)CC(=O)c1cccn1S2(=O)=O. The first-order valence-corrected chi connectivity index (χ1v) is 10.4. The van der Waals surface area contributed by atoms with Crippen LogP contribution < -0.4 is 5.32 Å². The maximum absolute atomic E-state index is 12.8. The highest BCUT2D eigenvalue weighted by atomic mass is 32.2.